The summed E-state index contributed by atoms with van der Waals surface area (Å²) in [5.41, 5.74) is 1.20. The summed E-state index contributed by atoms with van der Waals surface area (Å²) in [5, 5.41) is 3.73. The van der Waals surface area contributed by atoms with E-state index in [1.807, 2.05) is 0 Å². The molecule has 2 aromatic rings. The number of thioether (sulfide) groups is 1. The summed E-state index contributed by atoms with van der Waals surface area (Å²) < 4.78 is 43.7. The molecule has 0 saturated carbocycles. The lowest BCUT2D eigenvalue weighted by atomic mass is 9.92. The molecule has 0 radical (unpaired) electrons. The number of anilines is 2. The Kier molecular flexibility index (Phi) is 6.75. The van der Waals surface area contributed by atoms with Gasteiger partial charge in [0.1, 0.15) is 12.3 Å². The molecular weight excluding hydrogens is 487 g/mol. The highest BCUT2D eigenvalue weighted by atomic mass is 32.2. The van der Waals surface area contributed by atoms with Gasteiger partial charge in [-0.05, 0) is 54.3 Å². The van der Waals surface area contributed by atoms with Crippen LogP contribution in [-0.2, 0) is 33.4 Å². The number of imide groups is 1. The summed E-state index contributed by atoms with van der Waals surface area (Å²) in [6.45, 7) is -0.385. The first-order chi connectivity index (χ1) is 16.6. The van der Waals surface area contributed by atoms with E-state index in [1.54, 1.807) is 12.1 Å². The maximum Gasteiger partial charge on any atom is 0.416 e. The molecule has 2 aliphatic heterocycles. The molecule has 2 aromatic carbocycles. The van der Waals surface area contributed by atoms with Gasteiger partial charge < -0.3 is 10.1 Å². The highest BCUT2D eigenvalue weighted by Gasteiger charge is 2.35. The second-order valence-electron chi connectivity index (χ2n) is 7.94. The average Bonchev–Trinajstić information content (AvgIpc) is 3.12. The van der Waals surface area contributed by atoms with E-state index in [2.05, 4.69) is 10.6 Å². The topological polar surface area (TPSA) is 105 Å². The fraction of sp³-hybridized carbons (Fsp3) is 0.304. The first-order valence-corrected chi connectivity index (χ1v) is 11.4. The van der Waals surface area contributed by atoms with Gasteiger partial charge in [0.15, 0.2) is 0 Å². The van der Waals surface area contributed by atoms with E-state index in [1.165, 1.54) is 12.0 Å². The van der Waals surface area contributed by atoms with Crippen LogP contribution in [0.4, 0.5) is 29.3 Å². The number of nitrogens with zero attached hydrogens (tertiary/aromatic N) is 1. The molecule has 2 aliphatic rings. The number of carbonyl (C=O) groups is 4. The maximum absolute atomic E-state index is 12.8. The van der Waals surface area contributed by atoms with Crippen LogP contribution in [-0.4, -0.2) is 41.9 Å². The fourth-order valence-electron chi connectivity index (χ4n) is 4.06. The molecule has 184 valence electrons. The summed E-state index contributed by atoms with van der Waals surface area (Å²) in [6.07, 6.45) is -3.76. The van der Waals surface area contributed by atoms with Gasteiger partial charge in [0.2, 0.25) is 17.7 Å². The van der Waals surface area contributed by atoms with Gasteiger partial charge in [0, 0.05) is 12.1 Å². The molecule has 8 nitrogen and oxygen atoms in total. The van der Waals surface area contributed by atoms with Crippen molar-refractivity contribution >= 4 is 46.1 Å². The van der Waals surface area contributed by atoms with Gasteiger partial charge in [-0.15, -0.1) is 0 Å². The third kappa shape index (κ3) is 5.26. The lowest BCUT2D eigenvalue weighted by Gasteiger charge is -2.32. The van der Waals surface area contributed by atoms with Crippen LogP contribution in [0.3, 0.4) is 0 Å². The largest absolute Gasteiger partial charge is 0.495 e. The van der Waals surface area contributed by atoms with Crippen molar-refractivity contribution in [1.29, 1.82) is 0 Å². The van der Waals surface area contributed by atoms with Gasteiger partial charge in [-0.3, -0.25) is 29.4 Å². The van der Waals surface area contributed by atoms with Crippen molar-refractivity contribution in [3.05, 3.63) is 53.1 Å². The zero-order valence-electron chi connectivity index (χ0n) is 18.4. The summed E-state index contributed by atoms with van der Waals surface area (Å²) in [4.78, 5) is 50.3. The first-order valence-electron chi connectivity index (χ1n) is 10.5. The van der Waals surface area contributed by atoms with E-state index in [0.717, 1.165) is 47.2 Å². The quantitative estimate of drug-likeness (QED) is 0.620. The number of methoxy groups -OCH3 is 1. The zero-order valence-corrected chi connectivity index (χ0v) is 19.2. The van der Waals surface area contributed by atoms with E-state index >= 15 is 0 Å². The van der Waals surface area contributed by atoms with Crippen LogP contribution in [0.1, 0.15) is 23.1 Å². The molecule has 12 heteroatoms. The van der Waals surface area contributed by atoms with Crippen molar-refractivity contribution in [2.24, 2.45) is 0 Å². The van der Waals surface area contributed by atoms with Crippen LogP contribution >= 0.6 is 11.8 Å². The summed E-state index contributed by atoms with van der Waals surface area (Å²) in [5.74, 6) is -0.948. The molecule has 0 bridgehead atoms. The number of halogens is 3. The van der Waals surface area contributed by atoms with Gasteiger partial charge in [0.05, 0.1) is 23.6 Å². The Hall–Kier alpha value is -3.54. The fourth-order valence-corrected chi connectivity index (χ4v) is 4.91. The predicted molar refractivity (Wildman–Crippen MR) is 122 cm³/mol. The van der Waals surface area contributed by atoms with E-state index in [9.17, 15) is 32.3 Å². The van der Waals surface area contributed by atoms with E-state index in [0.29, 0.717) is 17.9 Å². The van der Waals surface area contributed by atoms with E-state index in [4.69, 9.17) is 4.74 Å². The van der Waals surface area contributed by atoms with Gasteiger partial charge in [0.25, 0.3) is 5.24 Å². The predicted octanol–water partition coefficient (Wildman–Crippen LogP) is 3.53. The minimum Gasteiger partial charge on any atom is -0.495 e. The second-order valence-corrected chi connectivity index (χ2v) is 9.12. The van der Waals surface area contributed by atoms with Gasteiger partial charge in [-0.1, -0.05) is 17.8 Å². The SMILES string of the molecule is COc1ccc(CC2SC(=O)NC2=O)c2c1N(CC(=O)Nc1ccc(C(F)(F)F)cc1)C(=O)CC2. The van der Waals surface area contributed by atoms with Crippen molar-refractivity contribution in [1.82, 2.24) is 5.32 Å². The van der Waals surface area contributed by atoms with Gasteiger partial charge in [-0.25, -0.2) is 0 Å². The number of hydrogen-bond acceptors (Lipinski definition) is 6. The number of amides is 4. The van der Waals surface area contributed by atoms with Crippen molar-refractivity contribution in [3.63, 3.8) is 0 Å². The Bertz CT molecular complexity index is 1200. The molecule has 4 rings (SSSR count). The van der Waals surface area contributed by atoms with E-state index < -0.39 is 28.1 Å². The van der Waals surface area contributed by atoms with Crippen LogP contribution in [0.2, 0.25) is 0 Å². The van der Waals surface area contributed by atoms with Gasteiger partial charge >= 0.3 is 6.18 Å². The number of hydrogen-bond donors (Lipinski definition) is 2. The highest BCUT2D eigenvalue weighted by Crippen LogP contribution is 2.40. The molecule has 0 aliphatic carbocycles. The molecule has 2 heterocycles. The highest BCUT2D eigenvalue weighted by molar-refractivity contribution is 8.15. The summed E-state index contributed by atoms with van der Waals surface area (Å²) >= 11 is 0.899. The molecule has 0 aromatic heterocycles. The smallest absolute Gasteiger partial charge is 0.416 e. The minimum atomic E-state index is -4.49. The standard InChI is InChI=1S/C23H20F3N3O5S/c1-34-16-8-2-12(10-17-21(32)28-22(33)35-17)15-7-9-19(31)29(20(15)16)11-18(30)27-14-5-3-13(4-6-14)23(24,25)26/h2-6,8,17H,7,9-11H2,1H3,(H,27,30)(H,28,32,33). The number of carbonyl (C=O) groups excluding carboxylic acids is 4. The van der Waals surface area contributed by atoms with Crippen LogP contribution in [0.25, 0.3) is 0 Å². The number of nitrogens with one attached hydrogen (secondary N) is 2. The normalized spacial score (nSPS) is 17.8. The monoisotopic (exact) mass is 507 g/mol. The molecule has 1 atom stereocenters. The third-order valence-corrected chi connectivity index (χ3v) is 6.67. The molecule has 0 spiro atoms. The number of rotatable bonds is 6. The molecule has 2 N–H and O–H groups in total. The Labute approximate surface area is 202 Å². The molecule has 35 heavy (non-hydrogen) atoms. The van der Waals surface area contributed by atoms with E-state index in [-0.39, 0.29) is 36.9 Å². The van der Waals surface area contributed by atoms with Gasteiger partial charge in [-0.2, -0.15) is 13.2 Å². The van der Waals surface area contributed by atoms with Crippen molar-refractivity contribution in [2.75, 3.05) is 23.9 Å². The Balaban J connectivity index is 1.56. The Morgan fingerprint density at radius 3 is 2.46 bits per heavy atom. The summed E-state index contributed by atoms with van der Waals surface area (Å²) in [6, 6.07) is 7.38. The van der Waals surface area contributed by atoms with Crippen LogP contribution in [0.5, 0.6) is 5.75 Å². The number of ether oxygens (including phenoxy) is 1. The zero-order chi connectivity index (χ0) is 25.3. The van der Waals surface area contributed by atoms with Crippen LogP contribution < -0.4 is 20.3 Å². The lowest BCUT2D eigenvalue weighted by Crippen LogP contribution is -2.41. The molecular formula is C23H20F3N3O5S. The number of alkyl halides is 3. The van der Waals surface area contributed by atoms with Crippen molar-refractivity contribution in [2.45, 2.75) is 30.7 Å². The van der Waals surface area contributed by atoms with Crippen molar-refractivity contribution < 1.29 is 37.1 Å². The average molecular weight is 507 g/mol. The molecule has 1 unspecified atom stereocenters. The molecule has 1 fully saturated rings. The summed E-state index contributed by atoms with van der Waals surface area (Å²) in [7, 11) is 1.42. The molecule has 4 amide bonds. The minimum absolute atomic E-state index is 0.115. The van der Waals surface area contributed by atoms with Crippen molar-refractivity contribution in [3.8, 4) is 5.75 Å². The lowest BCUT2D eigenvalue weighted by molar-refractivity contribution is -0.137. The third-order valence-electron chi connectivity index (χ3n) is 5.69. The number of benzene rings is 2. The molecule has 1 saturated heterocycles. The maximum atomic E-state index is 12.8. The number of fused-ring (bicyclic) bond motifs is 1. The van der Waals surface area contributed by atoms with Crippen LogP contribution in [0, 0.1) is 0 Å². The van der Waals surface area contributed by atoms with Crippen LogP contribution in [0.15, 0.2) is 36.4 Å². The Morgan fingerprint density at radius 2 is 1.86 bits per heavy atom. The first kappa shape index (κ1) is 24.6. The second kappa shape index (κ2) is 9.61. The Morgan fingerprint density at radius 1 is 1.14 bits per heavy atom.